The summed E-state index contributed by atoms with van der Waals surface area (Å²) in [5, 5.41) is 3.44. The van der Waals surface area contributed by atoms with Gasteiger partial charge in [0.05, 0.1) is 0 Å². The van der Waals surface area contributed by atoms with Gasteiger partial charge in [0, 0.05) is 18.4 Å². The maximum Gasteiger partial charge on any atom is 0.0367 e. The minimum Gasteiger partial charge on any atom is -0.313 e. The summed E-state index contributed by atoms with van der Waals surface area (Å²) in [5.41, 5.74) is 2.76. The van der Waals surface area contributed by atoms with E-state index in [0.29, 0.717) is 17.9 Å². The molecule has 0 radical (unpaired) electrons. The standard InChI is InChI=1S/C16H18N2/c1-17-16(13-8-5-9-18-11-13)15-10-14(15)12-6-3-2-4-7-12/h2-9,11,14-17H,10H2,1H3. The topological polar surface area (TPSA) is 24.9 Å². The van der Waals surface area contributed by atoms with Gasteiger partial charge in [0.1, 0.15) is 0 Å². The second-order valence-corrected chi connectivity index (χ2v) is 4.97. The highest BCUT2D eigenvalue weighted by Crippen LogP contribution is 2.53. The van der Waals surface area contributed by atoms with E-state index >= 15 is 0 Å². The highest BCUT2D eigenvalue weighted by Gasteiger charge is 2.43. The van der Waals surface area contributed by atoms with Gasteiger partial charge in [0.15, 0.2) is 0 Å². The summed E-state index contributed by atoms with van der Waals surface area (Å²) in [4.78, 5) is 4.22. The SMILES string of the molecule is CNC(c1cccnc1)C1CC1c1ccccc1. The molecule has 1 N–H and O–H groups in total. The summed E-state index contributed by atoms with van der Waals surface area (Å²) in [7, 11) is 2.04. The second-order valence-electron chi connectivity index (χ2n) is 4.97. The zero-order valence-electron chi connectivity index (χ0n) is 10.6. The number of benzene rings is 1. The predicted molar refractivity (Wildman–Crippen MR) is 73.3 cm³/mol. The molecule has 3 unspecified atom stereocenters. The fraction of sp³-hybridized carbons (Fsp3) is 0.312. The third kappa shape index (κ3) is 2.16. The van der Waals surface area contributed by atoms with Gasteiger partial charge in [-0.25, -0.2) is 0 Å². The number of aromatic nitrogens is 1. The van der Waals surface area contributed by atoms with Crippen LogP contribution in [0.5, 0.6) is 0 Å². The van der Waals surface area contributed by atoms with Gasteiger partial charge in [-0.15, -0.1) is 0 Å². The first-order chi connectivity index (χ1) is 8.90. The Balaban J connectivity index is 1.77. The van der Waals surface area contributed by atoms with Crippen LogP contribution in [0.3, 0.4) is 0 Å². The van der Waals surface area contributed by atoms with E-state index < -0.39 is 0 Å². The van der Waals surface area contributed by atoms with E-state index in [2.05, 4.69) is 46.7 Å². The molecule has 92 valence electrons. The fourth-order valence-electron chi connectivity index (χ4n) is 2.85. The van der Waals surface area contributed by atoms with Gasteiger partial charge in [-0.2, -0.15) is 0 Å². The molecule has 3 rings (SSSR count). The molecular weight excluding hydrogens is 220 g/mol. The number of hydrogen-bond acceptors (Lipinski definition) is 2. The van der Waals surface area contributed by atoms with Crippen molar-refractivity contribution in [3.63, 3.8) is 0 Å². The van der Waals surface area contributed by atoms with E-state index in [1.54, 1.807) is 0 Å². The minimum absolute atomic E-state index is 0.420. The molecule has 18 heavy (non-hydrogen) atoms. The van der Waals surface area contributed by atoms with Gasteiger partial charge >= 0.3 is 0 Å². The molecule has 3 atom stereocenters. The summed E-state index contributed by atoms with van der Waals surface area (Å²) in [6.45, 7) is 0. The summed E-state index contributed by atoms with van der Waals surface area (Å²) >= 11 is 0. The Morgan fingerprint density at radius 3 is 2.67 bits per heavy atom. The van der Waals surface area contributed by atoms with Crippen molar-refractivity contribution in [3.8, 4) is 0 Å². The molecule has 1 aliphatic carbocycles. The lowest BCUT2D eigenvalue weighted by atomic mass is 10.0. The molecule has 0 aliphatic heterocycles. The van der Waals surface area contributed by atoms with Gasteiger partial charge in [-0.1, -0.05) is 36.4 Å². The van der Waals surface area contributed by atoms with Crippen molar-refractivity contribution in [2.24, 2.45) is 5.92 Å². The maximum atomic E-state index is 4.22. The van der Waals surface area contributed by atoms with Crippen LogP contribution < -0.4 is 5.32 Å². The average molecular weight is 238 g/mol. The van der Waals surface area contributed by atoms with Crippen molar-refractivity contribution in [2.75, 3.05) is 7.05 Å². The van der Waals surface area contributed by atoms with Crippen LogP contribution in [-0.2, 0) is 0 Å². The van der Waals surface area contributed by atoms with Crippen molar-refractivity contribution in [3.05, 3.63) is 66.0 Å². The molecule has 2 heteroatoms. The Morgan fingerprint density at radius 2 is 2.00 bits per heavy atom. The van der Waals surface area contributed by atoms with Crippen molar-refractivity contribution >= 4 is 0 Å². The molecule has 0 bridgehead atoms. The van der Waals surface area contributed by atoms with Crippen LogP contribution in [0.4, 0.5) is 0 Å². The Labute approximate surface area is 108 Å². The van der Waals surface area contributed by atoms with E-state index in [1.165, 1.54) is 17.5 Å². The van der Waals surface area contributed by atoms with Crippen LogP contribution >= 0.6 is 0 Å². The summed E-state index contributed by atoms with van der Waals surface area (Å²) in [6.07, 6.45) is 5.07. The van der Waals surface area contributed by atoms with E-state index in [9.17, 15) is 0 Å². The third-order valence-corrected chi connectivity index (χ3v) is 3.85. The summed E-state index contributed by atoms with van der Waals surface area (Å²) < 4.78 is 0. The van der Waals surface area contributed by atoms with Crippen LogP contribution in [0.2, 0.25) is 0 Å². The Hall–Kier alpha value is -1.67. The lowest BCUT2D eigenvalue weighted by molar-refractivity contribution is 0.516. The Bertz CT molecular complexity index is 495. The molecule has 1 fully saturated rings. The van der Waals surface area contributed by atoms with E-state index in [0.717, 1.165) is 0 Å². The Morgan fingerprint density at radius 1 is 1.17 bits per heavy atom. The van der Waals surface area contributed by atoms with Crippen molar-refractivity contribution < 1.29 is 0 Å². The molecule has 1 aliphatic rings. The number of nitrogens with zero attached hydrogens (tertiary/aromatic N) is 1. The van der Waals surface area contributed by atoms with Gasteiger partial charge in [0.25, 0.3) is 0 Å². The molecule has 2 aromatic rings. The van der Waals surface area contributed by atoms with Crippen LogP contribution in [0.25, 0.3) is 0 Å². The largest absolute Gasteiger partial charge is 0.313 e. The summed E-state index contributed by atoms with van der Waals surface area (Å²) in [5.74, 6) is 1.39. The van der Waals surface area contributed by atoms with Gasteiger partial charge < -0.3 is 5.32 Å². The summed E-state index contributed by atoms with van der Waals surface area (Å²) in [6, 6.07) is 15.4. The molecule has 2 nitrogen and oxygen atoms in total. The zero-order chi connectivity index (χ0) is 12.4. The van der Waals surface area contributed by atoms with Crippen LogP contribution in [0.1, 0.15) is 29.5 Å². The van der Waals surface area contributed by atoms with Crippen molar-refractivity contribution in [2.45, 2.75) is 18.4 Å². The molecule has 0 amide bonds. The first kappa shape index (κ1) is 11.4. The lowest BCUT2D eigenvalue weighted by Gasteiger charge is -2.16. The highest BCUT2D eigenvalue weighted by molar-refractivity contribution is 5.29. The van der Waals surface area contributed by atoms with E-state index in [4.69, 9.17) is 0 Å². The van der Waals surface area contributed by atoms with E-state index in [1.807, 2.05) is 25.5 Å². The molecule has 0 saturated heterocycles. The molecule has 0 spiro atoms. The number of nitrogens with one attached hydrogen (secondary N) is 1. The molecule has 1 heterocycles. The zero-order valence-corrected chi connectivity index (χ0v) is 10.6. The lowest BCUT2D eigenvalue weighted by Crippen LogP contribution is -2.19. The third-order valence-electron chi connectivity index (χ3n) is 3.85. The van der Waals surface area contributed by atoms with Gasteiger partial charge in [-0.3, -0.25) is 4.98 Å². The van der Waals surface area contributed by atoms with Gasteiger partial charge in [-0.05, 0) is 42.5 Å². The average Bonchev–Trinajstić information content (AvgIpc) is 3.22. The van der Waals surface area contributed by atoms with Crippen molar-refractivity contribution in [1.82, 2.24) is 10.3 Å². The molecule has 1 aromatic carbocycles. The second kappa shape index (κ2) is 4.91. The molecule has 1 aromatic heterocycles. The monoisotopic (exact) mass is 238 g/mol. The minimum atomic E-state index is 0.420. The van der Waals surface area contributed by atoms with Crippen LogP contribution in [0, 0.1) is 5.92 Å². The number of pyridine rings is 1. The maximum absolute atomic E-state index is 4.22. The smallest absolute Gasteiger partial charge is 0.0367 e. The number of rotatable bonds is 4. The fourth-order valence-corrected chi connectivity index (χ4v) is 2.85. The van der Waals surface area contributed by atoms with Crippen LogP contribution in [-0.4, -0.2) is 12.0 Å². The van der Waals surface area contributed by atoms with E-state index in [-0.39, 0.29) is 0 Å². The number of hydrogen-bond donors (Lipinski definition) is 1. The first-order valence-corrected chi connectivity index (χ1v) is 6.52. The molecular formula is C16H18N2. The van der Waals surface area contributed by atoms with Gasteiger partial charge in [0.2, 0.25) is 0 Å². The van der Waals surface area contributed by atoms with Crippen molar-refractivity contribution in [1.29, 1.82) is 0 Å². The first-order valence-electron chi connectivity index (χ1n) is 6.52. The highest BCUT2D eigenvalue weighted by atomic mass is 14.9. The van der Waals surface area contributed by atoms with Crippen LogP contribution in [0.15, 0.2) is 54.9 Å². The molecule has 1 saturated carbocycles. The Kier molecular flexibility index (Phi) is 3.11. The quantitative estimate of drug-likeness (QED) is 0.885. The predicted octanol–water partition coefficient (Wildman–Crippen LogP) is 3.15. The normalized spacial score (nSPS) is 23.6.